The van der Waals surface area contributed by atoms with Crippen LogP contribution in [0.5, 0.6) is 0 Å². The molecule has 0 saturated carbocycles. The van der Waals surface area contributed by atoms with Crippen LogP contribution in [0.2, 0.25) is 5.28 Å². The minimum Gasteiger partial charge on any atom is -0.351 e. The van der Waals surface area contributed by atoms with Gasteiger partial charge >= 0.3 is 5.69 Å². The Kier molecular flexibility index (Phi) is 3.79. The summed E-state index contributed by atoms with van der Waals surface area (Å²) in [4.78, 5) is 19.4. The van der Waals surface area contributed by atoms with E-state index < -0.39 is 4.92 Å². The Morgan fingerprint density at radius 1 is 1.53 bits per heavy atom. The third kappa shape index (κ3) is 2.53. The summed E-state index contributed by atoms with van der Waals surface area (Å²) in [5, 5.41) is 10.7. The summed E-state index contributed by atoms with van der Waals surface area (Å²) in [6, 6.07) is 0. The molecule has 0 aliphatic heterocycles. The van der Waals surface area contributed by atoms with Crippen LogP contribution in [0.1, 0.15) is 13.8 Å². The predicted molar refractivity (Wildman–Crippen MR) is 57.3 cm³/mol. The van der Waals surface area contributed by atoms with Crippen LogP contribution in [0.4, 0.5) is 11.5 Å². The lowest BCUT2D eigenvalue weighted by Gasteiger charge is -2.18. The fourth-order valence-electron chi connectivity index (χ4n) is 1.23. The molecular weight excluding hydrogens is 220 g/mol. The Morgan fingerprint density at radius 2 is 2.13 bits per heavy atom. The summed E-state index contributed by atoms with van der Waals surface area (Å²) in [6.07, 6.45) is 1.13. The Morgan fingerprint density at radius 3 is 2.60 bits per heavy atom. The number of anilines is 1. The van der Waals surface area contributed by atoms with Crippen molar-refractivity contribution in [2.45, 2.75) is 13.8 Å². The molecule has 0 aromatic carbocycles. The molecule has 7 heteroatoms. The third-order valence-corrected chi connectivity index (χ3v) is 2.16. The average Bonchev–Trinajstić information content (AvgIpc) is 2.19. The number of halogens is 1. The van der Waals surface area contributed by atoms with E-state index in [1.54, 1.807) is 4.90 Å². The number of nitrogens with zero attached hydrogens (tertiary/aromatic N) is 4. The molecule has 0 fully saturated rings. The Labute approximate surface area is 92.0 Å². The summed E-state index contributed by atoms with van der Waals surface area (Å²) >= 11 is 5.61. The second kappa shape index (κ2) is 4.88. The van der Waals surface area contributed by atoms with Gasteiger partial charge in [-0.1, -0.05) is 0 Å². The van der Waals surface area contributed by atoms with Crippen molar-refractivity contribution < 1.29 is 4.92 Å². The van der Waals surface area contributed by atoms with Crippen LogP contribution in [0.15, 0.2) is 6.20 Å². The molecule has 0 saturated heterocycles. The number of hydrogen-bond acceptors (Lipinski definition) is 5. The van der Waals surface area contributed by atoms with Gasteiger partial charge in [0.15, 0.2) is 0 Å². The molecule has 6 nitrogen and oxygen atoms in total. The highest BCUT2D eigenvalue weighted by molar-refractivity contribution is 6.28. The molecule has 0 spiro atoms. The molecule has 0 amide bonds. The van der Waals surface area contributed by atoms with Gasteiger partial charge in [-0.3, -0.25) is 10.1 Å². The molecule has 0 atom stereocenters. The van der Waals surface area contributed by atoms with Gasteiger partial charge in [0.2, 0.25) is 11.1 Å². The minimum atomic E-state index is -0.510. The molecule has 0 radical (unpaired) electrons. The average molecular weight is 231 g/mol. The normalized spacial score (nSPS) is 10.1. The van der Waals surface area contributed by atoms with Crippen LogP contribution in [0.3, 0.4) is 0 Å². The first kappa shape index (κ1) is 11.6. The predicted octanol–water partition coefficient (Wildman–Crippen LogP) is 1.88. The van der Waals surface area contributed by atoms with Crippen LogP contribution < -0.4 is 4.90 Å². The standard InChI is InChI=1S/C8H11ClN4O2/c1-3-12(4-2)7-6(13(14)15)5-10-8(9)11-7/h5H,3-4H2,1-2H3. The van der Waals surface area contributed by atoms with Crippen LogP contribution >= 0.6 is 11.6 Å². The van der Waals surface area contributed by atoms with Crippen LogP contribution in [-0.4, -0.2) is 28.0 Å². The molecule has 0 bridgehead atoms. The molecule has 15 heavy (non-hydrogen) atoms. The molecule has 1 aromatic heterocycles. The van der Waals surface area contributed by atoms with Crippen molar-refractivity contribution >= 4 is 23.1 Å². The van der Waals surface area contributed by atoms with E-state index in [2.05, 4.69) is 9.97 Å². The van der Waals surface area contributed by atoms with Crippen molar-refractivity contribution in [3.63, 3.8) is 0 Å². The summed E-state index contributed by atoms with van der Waals surface area (Å²) in [5.41, 5.74) is -0.122. The molecule has 1 rings (SSSR count). The van der Waals surface area contributed by atoms with E-state index in [9.17, 15) is 10.1 Å². The summed E-state index contributed by atoms with van der Waals surface area (Å²) in [5.74, 6) is 0.269. The van der Waals surface area contributed by atoms with Gasteiger partial charge in [0.05, 0.1) is 4.92 Å². The monoisotopic (exact) mass is 230 g/mol. The van der Waals surface area contributed by atoms with Gasteiger partial charge < -0.3 is 4.90 Å². The molecule has 1 aromatic rings. The topological polar surface area (TPSA) is 72.2 Å². The SMILES string of the molecule is CCN(CC)c1nc(Cl)ncc1[N+](=O)[O-]. The van der Waals surface area contributed by atoms with Gasteiger partial charge in [-0.2, -0.15) is 4.98 Å². The van der Waals surface area contributed by atoms with E-state index in [1.807, 2.05) is 13.8 Å². The molecule has 0 aliphatic carbocycles. The molecule has 0 unspecified atom stereocenters. The van der Waals surface area contributed by atoms with Gasteiger partial charge in [-0.05, 0) is 25.4 Å². The largest absolute Gasteiger partial charge is 0.351 e. The lowest BCUT2D eigenvalue weighted by Crippen LogP contribution is -2.24. The van der Waals surface area contributed by atoms with E-state index in [4.69, 9.17) is 11.6 Å². The van der Waals surface area contributed by atoms with Crippen molar-refractivity contribution in [3.8, 4) is 0 Å². The maximum absolute atomic E-state index is 10.7. The van der Waals surface area contributed by atoms with Crippen LogP contribution in [0.25, 0.3) is 0 Å². The lowest BCUT2D eigenvalue weighted by atomic mass is 10.4. The van der Waals surface area contributed by atoms with E-state index in [0.717, 1.165) is 6.20 Å². The van der Waals surface area contributed by atoms with E-state index in [0.29, 0.717) is 13.1 Å². The first-order valence-electron chi connectivity index (χ1n) is 4.52. The van der Waals surface area contributed by atoms with Crippen LogP contribution in [-0.2, 0) is 0 Å². The number of nitro groups is 1. The highest BCUT2D eigenvalue weighted by atomic mass is 35.5. The molecule has 1 heterocycles. The van der Waals surface area contributed by atoms with Gasteiger partial charge in [0.25, 0.3) is 0 Å². The zero-order valence-electron chi connectivity index (χ0n) is 8.47. The Hall–Kier alpha value is -1.43. The first-order valence-corrected chi connectivity index (χ1v) is 4.89. The fourth-order valence-corrected chi connectivity index (χ4v) is 1.36. The quantitative estimate of drug-likeness (QED) is 0.449. The van der Waals surface area contributed by atoms with Crippen molar-refractivity contribution in [1.82, 2.24) is 9.97 Å². The minimum absolute atomic E-state index is 0.0162. The molecule has 0 aliphatic rings. The Bertz CT molecular complexity index is 368. The summed E-state index contributed by atoms with van der Waals surface area (Å²) < 4.78 is 0. The van der Waals surface area contributed by atoms with Gasteiger partial charge in [0, 0.05) is 13.1 Å². The van der Waals surface area contributed by atoms with Gasteiger partial charge in [-0.25, -0.2) is 4.98 Å². The number of rotatable bonds is 4. The maximum Gasteiger partial charge on any atom is 0.329 e. The summed E-state index contributed by atoms with van der Waals surface area (Å²) in [7, 11) is 0. The molecule has 82 valence electrons. The number of hydrogen-bond donors (Lipinski definition) is 0. The second-order valence-electron chi connectivity index (χ2n) is 2.78. The maximum atomic E-state index is 10.7. The van der Waals surface area contributed by atoms with E-state index in [-0.39, 0.29) is 16.8 Å². The second-order valence-corrected chi connectivity index (χ2v) is 3.12. The highest BCUT2D eigenvalue weighted by Gasteiger charge is 2.20. The zero-order valence-corrected chi connectivity index (χ0v) is 9.23. The third-order valence-electron chi connectivity index (χ3n) is 1.98. The fraction of sp³-hybridized carbons (Fsp3) is 0.500. The first-order chi connectivity index (χ1) is 7.10. The van der Waals surface area contributed by atoms with Crippen molar-refractivity contribution in [2.24, 2.45) is 0 Å². The van der Waals surface area contributed by atoms with Crippen LogP contribution in [0, 0.1) is 10.1 Å². The van der Waals surface area contributed by atoms with E-state index >= 15 is 0 Å². The van der Waals surface area contributed by atoms with Crippen molar-refractivity contribution in [1.29, 1.82) is 0 Å². The van der Waals surface area contributed by atoms with Crippen molar-refractivity contribution in [2.75, 3.05) is 18.0 Å². The van der Waals surface area contributed by atoms with Gasteiger partial charge in [-0.15, -0.1) is 0 Å². The smallest absolute Gasteiger partial charge is 0.329 e. The Balaban J connectivity index is 3.22. The molecular formula is C8H11ClN4O2. The summed E-state index contributed by atoms with van der Waals surface area (Å²) in [6.45, 7) is 5.04. The van der Waals surface area contributed by atoms with Gasteiger partial charge in [0.1, 0.15) is 6.20 Å². The molecule has 0 N–H and O–H groups in total. The zero-order chi connectivity index (χ0) is 11.4. The lowest BCUT2D eigenvalue weighted by molar-refractivity contribution is -0.384. The highest BCUT2D eigenvalue weighted by Crippen LogP contribution is 2.25. The van der Waals surface area contributed by atoms with Crippen molar-refractivity contribution in [3.05, 3.63) is 21.6 Å². The number of aromatic nitrogens is 2. The van der Waals surface area contributed by atoms with E-state index in [1.165, 1.54) is 0 Å².